The lowest BCUT2D eigenvalue weighted by Crippen LogP contribution is -2.25. The summed E-state index contributed by atoms with van der Waals surface area (Å²) in [4.78, 5) is 17.4. The zero-order valence-electron chi connectivity index (χ0n) is 18.2. The summed E-state index contributed by atoms with van der Waals surface area (Å²) in [6.45, 7) is 5.23. The van der Waals surface area contributed by atoms with Crippen LogP contribution in [0.2, 0.25) is 10.0 Å². The predicted molar refractivity (Wildman–Crippen MR) is 132 cm³/mol. The van der Waals surface area contributed by atoms with Gasteiger partial charge in [-0.2, -0.15) is 0 Å². The van der Waals surface area contributed by atoms with Gasteiger partial charge in [-0.05, 0) is 61.7 Å². The number of imidazole rings is 1. The van der Waals surface area contributed by atoms with Crippen molar-refractivity contribution in [1.29, 1.82) is 0 Å². The van der Waals surface area contributed by atoms with Crippen LogP contribution < -0.4 is 5.32 Å². The van der Waals surface area contributed by atoms with E-state index in [1.54, 1.807) is 0 Å². The summed E-state index contributed by atoms with van der Waals surface area (Å²) in [6, 6.07) is 19.7. The molecule has 3 aromatic carbocycles. The molecule has 0 saturated carbocycles. The predicted octanol–water partition coefficient (Wildman–Crippen LogP) is 6.37. The maximum absolute atomic E-state index is 12.5. The average molecular weight is 466 g/mol. The number of halogens is 2. The van der Waals surface area contributed by atoms with Crippen LogP contribution in [0.5, 0.6) is 0 Å². The number of fused-ring (bicyclic) bond motifs is 1. The van der Waals surface area contributed by atoms with Gasteiger partial charge in [-0.15, -0.1) is 0 Å². The molecule has 0 saturated heterocycles. The number of hydrogen-bond donors (Lipinski definition) is 1. The minimum absolute atomic E-state index is 0.0354. The van der Waals surface area contributed by atoms with Crippen molar-refractivity contribution >= 4 is 40.1 Å². The average Bonchev–Trinajstić information content (AvgIpc) is 3.11. The Morgan fingerprint density at radius 2 is 1.81 bits per heavy atom. The summed E-state index contributed by atoms with van der Waals surface area (Å²) in [6.07, 6.45) is 1.55. The number of para-hydroxylation sites is 2. The third-order valence-corrected chi connectivity index (χ3v) is 6.29. The summed E-state index contributed by atoms with van der Waals surface area (Å²) < 4.78 is 2.21. The number of aromatic nitrogens is 2. The molecule has 0 atom stereocenters. The van der Waals surface area contributed by atoms with Crippen LogP contribution in [-0.4, -0.2) is 22.0 Å². The Labute approximate surface area is 198 Å². The fraction of sp³-hybridized carbons (Fsp3) is 0.231. The molecule has 1 aromatic heterocycles. The van der Waals surface area contributed by atoms with Gasteiger partial charge in [0.2, 0.25) is 0 Å². The molecule has 0 aliphatic heterocycles. The van der Waals surface area contributed by atoms with E-state index in [4.69, 9.17) is 28.2 Å². The number of nitrogens with one attached hydrogen (secondary N) is 1. The molecule has 6 heteroatoms. The van der Waals surface area contributed by atoms with Crippen molar-refractivity contribution in [3.8, 4) is 0 Å². The maximum Gasteiger partial charge on any atom is 0.251 e. The topological polar surface area (TPSA) is 46.9 Å². The first-order valence-electron chi connectivity index (χ1n) is 10.7. The largest absolute Gasteiger partial charge is 0.352 e. The quantitative estimate of drug-likeness (QED) is 0.322. The summed E-state index contributed by atoms with van der Waals surface area (Å²) in [7, 11) is 0. The third kappa shape index (κ3) is 4.98. The molecular formula is C26H25Cl2N3O. The number of rotatable bonds is 7. The highest BCUT2D eigenvalue weighted by Crippen LogP contribution is 2.25. The smallest absolute Gasteiger partial charge is 0.251 e. The maximum atomic E-state index is 12.5. The number of carbonyl (C=O) groups is 1. The second-order valence-electron chi connectivity index (χ2n) is 8.03. The van der Waals surface area contributed by atoms with E-state index in [2.05, 4.69) is 16.0 Å². The second kappa shape index (κ2) is 9.76. The number of hydrogen-bond acceptors (Lipinski definition) is 2. The monoisotopic (exact) mass is 465 g/mol. The molecule has 0 bridgehead atoms. The fourth-order valence-electron chi connectivity index (χ4n) is 3.93. The zero-order valence-corrected chi connectivity index (χ0v) is 19.7. The number of nitrogens with zero attached hydrogens (tertiary/aromatic N) is 2. The van der Waals surface area contributed by atoms with Crippen LogP contribution in [0, 0.1) is 13.8 Å². The van der Waals surface area contributed by atoms with Gasteiger partial charge in [0.15, 0.2) is 0 Å². The molecule has 32 heavy (non-hydrogen) atoms. The Morgan fingerprint density at radius 3 is 2.59 bits per heavy atom. The van der Waals surface area contributed by atoms with Crippen molar-refractivity contribution in [1.82, 2.24) is 14.9 Å². The molecule has 164 valence electrons. The number of aryl methyl sites for hydroxylation is 3. The van der Waals surface area contributed by atoms with Crippen molar-refractivity contribution < 1.29 is 4.79 Å². The van der Waals surface area contributed by atoms with Crippen molar-refractivity contribution in [2.45, 2.75) is 33.2 Å². The Hall–Kier alpha value is -2.82. The van der Waals surface area contributed by atoms with Crippen LogP contribution in [0.15, 0.2) is 60.7 Å². The van der Waals surface area contributed by atoms with Crippen LogP contribution >= 0.6 is 23.2 Å². The first-order chi connectivity index (χ1) is 15.4. The molecule has 1 heterocycles. The van der Waals surface area contributed by atoms with E-state index in [0.717, 1.165) is 52.0 Å². The number of carbonyl (C=O) groups excluding carboxylic acids is 1. The standard InChI is InChI=1S/C26H25Cl2N3O/c1-17-9-11-20(18(2)14-17)26(32)29-13-5-8-25-30-23-6-3-4-7-24(23)31(25)16-19-10-12-21(27)22(28)15-19/h3-4,6-7,9-12,14-15H,5,8,13,16H2,1-2H3,(H,29,32). The van der Waals surface area contributed by atoms with E-state index in [1.807, 2.05) is 68.4 Å². The van der Waals surface area contributed by atoms with Crippen molar-refractivity contribution in [2.75, 3.05) is 6.54 Å². The molecule has 0 aliphatic rings. The van der Waals surface area contributed by atoms with E-state index in [1.165, 1.54) is 0 Å². The van der Waals surface area contributed by atoms with Crippen molar-refractivity contribution in [2.24, 2.45) is 0 Å². The minimum Gasteiger partial charge on any atom is -0.352 e. The summed E-state index contributed by atoms with van der Waals surface area (Å²) >= 11 is 12.3. The molecule has 1 amide bonds. The van der Waals surface area contributed by atoms with Gasteiger partial charge in [0.05, 0.1) is 21.1 Å². The lowest BCUT2D eigenvalue weighted by Gasteiger charge is -2.11. The summed E-state index contributed by atoms with van der Waals surface area (Å²) in [5, 5.41) is 4.13. The van der Waals surface area contributed by atoms with Gasteiger partial charge in [-0.3, -0.25) is 4.79 Å². The van der Waals surface area contributed by atoms with Gasteiger partial charge in [0.1, 0.15) is 5.82 Å². The molecule has 4 nitrogen and oxygen atoms in total. The Bertz CT molecular complexity index is 1280. The SMILES string of the molecule is Cc1ccc(C(=O)NCCCc2nc3ccccc3n2Cc2ccc(Cl)c(Cl)c2)c(C)c1. The molecule has 4 rings (SSSR count). The van der Waals surface area contributed by atoms with Gasteiger partial charge in [0, 0.05) is 25.1 Å². The van der Waals surface area contributed by atoms with Crippen LogP contribution in [0.4, 0.5) is 0 Å². The van der Waals surface area contributed by atoms with E-state index >= 15 is 0 Å². The first kappa shape index (κ1) is 22.4. The van der Waals surface area contributed by atoms with Crippen molar-refractivity contribution in [3.63, 3.8) is 0 Å². The van der Waals surface area contributed by atoms with Crippen LogP contribution in [0.25, 0.3) is 11.0 Å². The van der Waals surface area contributed by atoms with Gasteiger partial charge >= 0.3 is 0 Å². The van der Waals surface area contributed by atoms with Gasteiger partial charge in [-0.1, -0.05) is 59.1 Å². The summed E-state index contributed by atoms with van der Waals surface area (Å²) in [5.41, 5.74) is 5.97. The lowest BCUT2D eigenvalue weighted by molar-refractivity contribution is 0.0952. The minimum atomic E-state index is -0.0354. The molecule has 4 aromatic rings. The molecule has 0 fully saturated rings. The van der Waals surface area contributed by atoms with Gasteiger partial charge in [0.25, 0.3) is 5.91 Å². The van der Waals surface area contributed by atoms with Crippen LogP contribution in [0.1, 0.15) is 39.3 Å². The summed E-state index contributed by atoms with van der Waals surface area (Å²) in [5.74, 6) is 0.949. The Balaban J connectivity index is 1.46. The highest BCUT2D eigenvalue weighted by Gasteiger charge is 2.13. The van der Waals surface area contributed by atoms with Crippen molar-refractivity contribution in [3.05, 3.63) is 98.8 Å². The normalized spacial score (nSPS) is 11.1. The van der Waals surface area contributed by atoms with Crippen LogP contribution in [-0.2, 0) is 13.0 Å². The number of amides is 1. The molecule has 0 spiro atoms. The molecule has 0 unspecified atom stereocenters. The van der Waals surface area contributed by atoms with Gasteiger partial charge < -0.3 is 9.88 Å². The molecule has 0 aliphatic carbocycles. The third-order valence-electron chi connectivity index (χ3n) is 5.55. The Morgan fingerprint density at radius 1 is 1.00 bits per heavy atom. The fourth-order valence-corrected chi connectivity index (χ4v) is 4.25. The van der Waals surface area contributed by atoms with E-state index in [9.17, 15) is 4.79 Å². The van der Waals surface area contributed by atoms with E-state index in [0.29, 0.717) is 23.1 Å². The molecule has 0 radical (unpaired) electrons. The Kier molecular flexibility index (Phi) is 6.83. The van der Waals surface area contributed by atoms with Crippen LogP contribution in [0.3, 0.4) is 0 Å². The van der Waals surface area contributed by atoms with E-state index in [-0.39, 0.29) is 5.91 Å². The zero-order chi connectivity index (χ0) is 22.7. The second-order valence-corrected chi connectivity index (χ2v) is 8.84. The highest BCUT2D eigenvalue weighted by molar-refractivity contribution is 6.42. The van der Waals surface area contributed by atoms with E-state index < -0.39 is 0 Å². The first-order valence-corrected chi connectivity index (χ1v) is 11.4. The van der Waals surface area contributed by atoms with Gasteiger partial charge in [-0.25, -0.2) is 4.98 Å². The lowest BCUT2D eigenvalue weighted by atomic mass is 10.1. The number of benzene rings is 3. The molecule has 1 N–H and O–H groups in total. The highest BCUT2D eigenvalue weighted by atomic mass is 35.5. The molecular weight excluding hydrogens is 441 g/mol.